The maximum Gasteiger partial charge on any atom is 0.308 e. The molecule has 0 aromatic heterocycles. The Hall–Kier alpha value is -2.09. The highest BCUT2D eigenvalue weighted by molar-refractivity contribution is 5.94. The number of rotatable bonds is 5. The lowest BCUT2D eigenvalue weighted by atomic mass is 10.1. The Morgan fingerprint density at radius 3 is 2.63 bits per heavy atom. The van der Waals surface area contributed by atoms with Crippen molar-refractivity contribution in [3.63, 3.8) is 0 Å². The Labute approximate surface area is 107 Å². The fourth-order valence-corrected chi connectivity index (χ4v) is 1.20. The van der Waals surface area contributed by atoms with Crippen LogP contribution in [0.4, 0.5) is 14.5 Å². The second kappa shape index (κ2) is 6.19. The minimum atomic E-state index is -1.41. The standard InChI is InChI=1S/C11H12F2N2O4/c1-6(2)5-19-14-11(16)8-3-7(12)4-9(10(8)13)15(17)18/h3-4,6H,5H2,1-2H3,(H,14,16). The molecule has 0 aliphatic rings. The van der Waals surface area contributed by atoms with E-state index >= 15 is 0 Å². The molecule has 1 amide bonds. The number of halogens is 2. The predicted octanol–water partition coefficient (Wildman–Crippen LogP) is 2.19. The van der Waals surface area contributed by atoms with Crippen LogP contribution in [-0.4, -0.2) is 17.4 Å². The van der Waals surface area contributed by atoms with Crippen molar-refractivity contribution in [1.29, 1.82) is 0 Å². The smallest absolute Gasteiger partial charge is 0.273 e. The lowest BCUT2D eigenvalue weighted by Gasteiger charge is -2.08. The molecule has 0 unspecified atom stereocenters. The zero-order valence-electron chi connectivity index (χ0n) is 10.3. The van der Waals surface area contributed by atoms with E-state index in [0.29, 0.717) is 12.1 Å². The van der Waals surface area contributed by atoms with E-state index in [2.05, 4.69) is 0 Å². The number of hydroxylamine groups is 1. The Kier molecular flexibility index (Phi) is 4.87. The molecular weight excluding hydrogens is 262 g/mol. The molecule has 0 spiro atoms. The van der Waals surface area contributed by atoms with Crippen LogP contribution in [0.5, 0.6) is 0 Å². The minimum Gasteiger partial charge on any atom is -0.273 e. The van der Waals surface area contributed by atoms with Crippen molar-refractivity contribution in [2.75, 3.05) is 6.61 Å². The van der Waals surface area contributed by atoms with Gasteiger partial charge in [-0.25, -0.2) is 9.87 Å². The van der Waals surface area contributed by atoms with Gasteiger partial charge in [0.15, 0.2) is 0 Å². The van der Waals surface area contributed by atoms with Crippen LogP contribution in [0.25, 0.3) is 0 Å². The number of nitro benzene ring substituents is 1. The summed E-state index contributed by atoms with van der Waals surface area (Å²) >= 11 is 0. The molecule has 0 saturated heterocycles. The van der Waals surface area contributed by atoms with Gasteiger partial charge in [-0.1, -0.05) is 13.8 Å². The number of nitro groups is 1. The third-order valence-electron chi connectivity index (χ3n) is 2.04. The zero-order valence-corrected chi connectivity index (χ0v) is 10.3. The molecule has 1 aromatic rings. The van der Waals surface area contributed by atoms with Gasteiger partial charge in [0, 0.05) is 0 Å². The van der Waals surface area contributed by atoms with Gasteiger partial charge in [0.05, 0.1) is 23.2 Å². The van der Waals surface area contributed by atoms with Crippen molar-refractivity contribution < 1.29 is 23.3 Å². The first-order valence-corrected chi connectivity index (χ1v) is 5.38. The molecule has 1 N–H and O–H groups in total. The lowest BCUT2D eigenvalue weighted by Crippen LogP contribution is -2.26. The van der Waals surface area contributed by atoms with Crippen molar-refractivity contribution in [3.05, 3.63) is 39.4 Å². The van der Waals surface area contributed by atoms with Crippen molar-refractivity contribution in [3.8, 4) is 0 Å². The van der Waals surface area contributed by atoms with Gasteiger partial charge in [-0.05, 0) is 12.0 Å². The molecular formula is C11H12F2N2O4. The number of amides is 1. The van der Waals surface area contributed by atoms with E-state index in [4.69, 9.17) is 4.84 Å². The van der Waals surface area contributed by atoms with Crippen molar-refractivity contribution in [2.24, 2.45) is 5.92 Å². The van der Waals surface area contributed by atoms with Gasteiger partial charge in [0.2, 0.25) is 5.82 Å². The second-order valence-electron chi connectivity index (χ2n) is 4.18. The summed E-state index contributed by atoms with van der Waals surface area (Å²) in [6.07, 6.45) is 0. The van der Waals surface area contributed by atoms with Crippen molar-refractivity contribution in [2.45, 2.75) is 13.8 Å². The van der Waals surface area contributed by atoms with Gasteiger partial charge < -0.3 is 0 Å². The quantitative estimate of drug-likeness (QED) is 0.659. The van der Waals surface area contributed by atoms with Crippen LogP contribution in [0, 0.1) is 27.7 Å². The SMILES string of the molecule is CC(C)CONC(=O)c1cc(F)cc([N+](=O)[O-])c1F. The summed E-state index contributed by atoms with van der Waals surface area (Å²) in [5.74, 6) is -3.45. The number of benzene rings is 1. The van der Waals surface area contributed by atoms with Gasteiger partial charge in [-0.15, -0.1) is 0 Å². The summed E-state index contributed by atoms with van der Waals surface area (Å²) in [6.45, 7) is 3.81. The average molecular weight is 274 g/mol. The molecule has 0 heterocycles. The lowest BCUT2D eigenvalue weighted by molar-refractivity contribution is -0.387. The van der Waals surface area contributed by atoms with Crippen LogP contribution in [0.2, 0.25) is 0 Å². The molecule has 8 heteroatoms. The summed E-state index contributed by atoms with van der Waals surface area (Å²) in [7, 11) is 0. The third kappa shape index (κ3) is 3.95. The molecule has 1 rings (SSSR count). The van der Waals surface area contributed by atoms with Crippen molar-refractivity contribution >= 4 is 11.6 Å². The molecule has 0 aliphatic carbocycles. The van der Waals surface area contributed by atoms with Crippen LogP contribution in [0.3, 0.4) is 0 Å². The molecule has 1 aromatic carbocycles. The van der Waals surface area contributed by atoms with E-state index in [1.807, 2.05) is 19.3 Å². The maximum atomic E-state index is 13.6. The van der Waals surface area contributed by atoms with Crippen LogP contribution >= 0.6 is 0 Å². The zero-order chi connectivity index (χ0) is 14.6. The normalized spacial score (nSPS) is 10.6. The van der Waals surface area contributed by atoms with Crippen LogP contribution < -0.4 is 5.48 Å². The first kappa shape index (κ1) is 15.0. The fourth-order valence-electron chi connectivity index (χ4n) is 1.20. The fraction of sp³-hybridized carbons (Fsp3) is 0.364. The second-order valence-corrected chi connectivity index (χ2v) is 4.18. The minimum absolute atomic E-state index is 0.118. The molecule has 104 valence electrons. The summed E-state index contributed by atoms with van der Waals surface area (Å²) in [5.41, 5.74) is 0.0115. The topological polar surface area (TPSA) is 81.5 Å². The number of carbonyl (C=O) groups excluding carboxylic acids is 1. The van der Waals surface area contributed by atoms with Crippen LogP contribution in [-0.2, 0) is 4.84 Å². The van der Waals surface area contributed by atoms with Gasteiger partial charge in [0.25, 0.3) is 5.91 Å². The van der Waals surface area contributed by atoms with E-state index in [0.717, 1.165) is 0 Å². The van der Waals surface area contributed by atoms with Crippen LogP contribution in [0.1, 0.15) is 24.2 Å². The van der Waals surface area contributed by atoms with E-state index in [9.17, 15) is 23.7 Å². The summed E-state index contributed by atoms with van der Waals surface area (Å²) in [5, 5.41) is 10.5. The molecule has 6 nitrogen and oxygen atoms in total. The van der Waals surface area contributed by atoms with E-state index in [-0.39, 0.29) is 12.5 Å². The molecule has 0 fully saturated rings. The monoisotopic (exact) mass is 274 g/mol. The third-order valence-corrected chi connectivity index (χ3v) is 2.04. The van der Waals surface area contributed by atoms with Gasteiger partial charge in [0.1, 0.15) is 5.82 Å². The Bertz CT molecular complexity index is 506. The van der Waals surface area contributed by atoms with E-state index in [1.54, 1.807) is 0 Å². The molecule has 0 atom stereocenters. The Balaban J connectivity index is 2.94. The Morgan fingerprint density at radius 2 is 2.11 bits per heavy atom. The van der Waals surface area contributed by atoms with Gasteiger partial charge >= 0.3 is 5.69 Å². The predicted molar refractivity (Wildman–Crippen MR) is 61.3 cm³/mol. The van der Waals surface area contributed by atoms with E-state index < -0.39 is 33.7 Å². The summed E-state index contributed by atoms with van der Waals surface area (Å²) in [6, 6.07) is 0.970. The maximum absolute atomic E-state index is 13.6. The first-order valence-electron chi connectivity index (χ1n) is 5.38. The van der Waals surface area contributed by atoms with Crippen LogP contribution in [0.15, 0.2) is 12.1 Å². The molecule has 0 saturated carbocycles. The Morgan fingerprint density at radius 1 is 1.47 bits per heavy atom. The largest absolute Gasteiger partial charge is 0.308 e. The molecule has 19 heavy (non-hydrogen) atoms. The number of nitrogens with one attached hydrogen (secondary N) is 1. The van der Waals surface area contributed by atoms with Crippen molar-refractivity contribution in [1.82, 2.24) is 5.48 Å². The number of hydrogen-bond acceptors (Lipinski definition) is 4. The van der Waals surface area contributed by atoms with E-state index in [1.165, 1.54) is 0 Å². The first-order chi connectivity index (χ1) is 8.82. The molecule has 0 radical (unpaired) electrons. The highest BCUT2D eigenvalue weighted by atomic mass is 19.1. The number of nitrogens with zero attached hydrogens (tertiary/aromatic N) is 1. The number of carbonyl (C=O) groups is 1. The average Bonchev–Trinajstić information content (AvgIpc) is 2.30. The summed E-state index contributed by atoms with van der Waals surface area (Å²) < 4.78 is 26.7. The molecule has 0 aliphatic heterocycles. The highest BCUT2D eigenvalue weighted by Crippen LogP contribution is 2.22. The number of hydrogen-bond donors (Lipinski definition) is 1. The summed E-state index contributed by atoms with van der Waals surface area (Å²) in [4.78, 5) is 25.6. The highest BCUT2D eigenvalue weighted by Gasteiger charge is 2.24. The van der Waals surface area contributed by atoms with Gasteiger partial charge in [-0.3, -0.25) is 19.7 Å². The van der Waals surface area contributed by atoms with Gasteiger partial charge in [-0.2, -0.15) is 4.39 Å². The molecule has 0 bridgehead atoms.